The molecule has 3 atom stereocenters. The Morgan fingerprint density at radius 1 is 0.611 bits per heavy atom. The van der Waals surface area contributed by atoms with E-state index in [4.69, 9.17) is 0 Å². The minimum absolute atomic E-state index is 0.135. The van der Waals surface area contributed by atoms with Gasteiger partial charge in [0.15, 0.2) is 0 Å². The molecule has 0 saturated carbocycles. The van der Waals surface area contributed by atoms with Crippen molar-refractivity contribution < 1.29 is 0 Å². The van der Waals surface area contributed by atoms with Crippen molar-refractivity contribution in [1.29, 1.82) is 0 Å². The van der Waals surface area contributed by atoms with E-state index in [1.807, 2.05) is 0 Å². The molecule has 0 N–H and O–H groups in total. The monoisotopic (exact) mass is 688 g/mol. The molecule has 254 valence electrons. The van der Waals surface area contributed by atoms with Crippen LogP contribution in [0.3, 0.4) is 0 Å². The standard InChI is InChI=1S/C52H36N2/c1-2-13-35-30-38(24-23-33(35)11-1)54-49-21-8-7-19-44(49)46-31-40(26-28-50(46)54)53(48-22-10-15-34-12-3-5-17-41(34)48)39-25-27-43-45-20-9-16-37-29-36-14-4-6-18-42(36)52(51(37)45)47(43)32-39/h1-24,26-32,39,42,52H,25H2. The Hall–Kier alpha value is -6.64. The quantitative estimate of drug-likeness (QED) is 0.179. The first-order chi connectivity index (χ1) is 26.8. The van der Waals surface area contributed by atoms with Crippen molar-refractivity contribution in [3.63, 3.8) is 0 Å². The van der Waals surface area contributed by atoms with Crippen molar-refractivity contribution >= 4 is 66.4 Å². The summed E-state index contributed by atoms with van der Waals surface area (Å²) in [5, 5.41) is 7.56. The molecule has 1 aromatic heterocycles. The predicted molar refractivity (Wildman–Crippen MR) is 228 cm³/mol. The van der Waals surface area contributed by atoms with Crippen LogP contribution in [0.2, 0.25) is 0 Å². The highest BCUT2D eigenvalue weighted by molar-refractivity contribution is 6.11. The lowest BCUT2D eigenvalue weighted by Gasteiger charge is -2.36. The molecule has 54 heavy (non-hydrogen) atoms. The van der Waals surface area contributed by atoms with Crippen molar-refractivity contribution in [2.75, 3.05) is 4.90 Å². The van der Waals surface area contributed by atoms with Gasteiger partial charge < -0.3 is 9.47 Å². The molecular formula is C52H36N2. The number of aromatic nitrogens is 1. The van der Waals surface area contributed by atoms with E-state index < -0.39 is 0 Å². The number of hydrogen-bond donors (Lipinski definition) is 0. The minimum atomic E-state index is 0.135. The van der Waals surface area contributed by atoms with Crippen LogP contribution in [0.1, 0.15) is 29.0 Å². The average Bonchev–Trinajstić information content (AvgIpc) is 3.74. The molecule has 4 aliphatic rings. The van der Waals surface area contributed by atoms with Gasteiger partial charge in [-0.2, -0.15) is 0 Å². The second-order valence-corrected chi connectivity index (χ2v) is 15.2. The van der Waals surface area contributed by atoms with Gasteiger partial charge in [-0.3, -0.25) is 0 Å². The molecule has 0 bridgehead atoms. The molecule has 7 aromatic carbocycles. The van der Waals surface area contributed by atoms with Crippen LogP contribution in [0, 0.1) is 5.92 Å². The SMILES string of the molecule is C1=CC2=Cc3cccc4c3C(C3=CC(N(c5ccc6c(c5)c5ccccc5n6-c5ccc6ccccc6c5)c5cccc6ccccc56)CC=C34)C2C=C1. The van der Waals surface area contributed by atoms with E-state index in [0.29, 0.717) is 11.8 Å². The Kier molecular flexibility index (Phi) is 6.32. The molecule has 0 amide bonds. The topological polar surface area (TPSA) is 8.17 Å². The molecular weight excluding hydrogens is 653 g/mol. The number of allylic oxidation sites excluding steroid dienone is 7. The summed E-state index contributed by atoms with van der Waals surface area (Å²) < 4.78 is 2.44. The fraction of sp³-hybridized carbons (Fsp3) is 0.0769. The van der Waals surface area contributed by atoms with Crippen LogP contribution in [-0.4, -0.2) is 10.6 Å². The molecule has 12 rings (SSSR count). The highest BCUT2D eigenvalue weighted by atomic mass is 15.2. The lowest BCUT2D eigenvalue weighted by atomic mass is 9.72. The second kappa shape index (κ2) is 11.4. The molecule has 2 heteroatoms. The third-order valence-electron chi connectivity index (χ3n) is 12.4. The van der Waals surface area contributed by atoms with Crippen LogP contribution < -0.4 is 4.90 Å². The van der Waals surface area contributed by atoms with Gasteiger partial charge >= 0.3 is 0 Å². The first-order valence-corrected chi connectivity index (χ1v) is 19.2. The summed E-state index contributed by atoms with van der Waals surface area (Å²) in [5.41, 5.74) is 14.7. The molecule has 0 spiro atoms. The molecule has 0 fully saturated rings. The number of fused-ring (bicyclic) bond motifs is 10. The summed E-state index contributed by atoms with van der Waals surface area (Å²) >= 11 is 0. The van der Waals surface area contributed by atoms with Crippen molar-refractivity contribution in [3.8, 4) is 5.69 Å². The van der Waals surface area contributed by atoms with Gasteiger partial charge in [-0.15, -0.1) is 0 Å². The summed E-state index contributed by atoms with van der Waals surface area (Å²) in [6, 6.07) is 54.2. The largest absolute Gasteiger partial charge is 0.334 e. The second-order valence-electron chi connectivity index (χ2n) is 15.2. The zero-order valence-electron chi connectivity index (χ0n) is 29.7. The Morgan fingerprint density at radius 2 is 1.41 bits per heavy atom. The molecule has 1 heterocycles. The van der Waals surface area contributed by atoms with Crippen molar-refractivity contribution in [2.24, 2.45) is 5.92 Å². The van der Waals surface area contributed by atoms with Crippen LogP contribution in [0.25, 0.3) is 60.7 Å². The van der Waals surface area contributed by atoms with Crippen LogP contribution in [0.4, 0.5) is 11.4 Å². The number of hydrogen-bond acceptors (Lipinski definition) is 1. The Morgan fingerprint density at radius 3 is 2.35 bits per heavy atom. The fourth-order valence-corrected chi connectivity index (χ4v) is 10.1. The van der Waals surface area contributed by atoms with E-state index in [0.717, 1.165) is 6.42 Å². The van der Waals surface area contributed by atoms with Gasteiger partial charge in [0.25, 0.3) is 0 Å². The smallest absolute Gasteiger partial charge is 0.0563 e. The van der Waals surface area contributed by atoms with Crippen LogP contribution in [-0.2, 0) is 0 Å². The minimum Gasteiger partial charge on any atom is -0.334 e. The van der Waals surface area contributed by atoms with Crippen LogP contribution >= 0.6 is 0 Å². The van der Waals surface area contributed by atoms with Gasteiger partial charge in [0, 0.05) is 45.1 Å². The van der Waals surface area contributed by atoms with Crippen molar-refractivity contribution in [1.82, 2.24) is 4.57 Å². The molecule has 4 aliphatic carbocycles. The van der Waals surface area contributed by atoms with Crippen molar-refractivity contribution in [2.45, 2.75) is 18.4 Å². The fourth-order valence-electron chi connectivity index (χ4n) is 10.1. The van der Waals surface area contributed by atoms with E-state index in [9.17, 15) is 0 Å². The zero-order chi connectivity index (χ0) is 35.3. The van der Waals surface area contributed by atoms with E-state index in [2.05, 4.69) is 198 Å². The summed E-state index contributed by atoms with van der Waals surface area (Å²) in [5.74, 6) is 0.673. The van der Waals surface area contributed by atoms with Gasteiger partial charge in [-0.25, -0.2) is 0 Å². The lowest BCUT2D eigenvalue weighted by molar-refractivity contribution is 0.654. The van der Waals surface area contributed by atoms with Gasteiger partial charge in [-0.05, 0) is 98.5 Å². The summed E-state index contributed by atoms with van der Waals surface area (Å²) in [6.07, 6.45) is 17.7. The maximum Gasteiger partial charge on any atom is 0.0563 e. The number of rotatable bonds is 4. The van der Waals surface area contributed by atoms with Crippen LogP contribution in [0.15, 0.2) is 193 Å². The van der Waals surface area contributed by atoms with E-state index in [-0.39, 0.29) is 6.04 Å². The Bertz CT molecular complexity index is 3050. The summed E-state index contributed by atoms with van der Waals surface area (Å²) in [6.45, 7) is 0. The molecule has 0 radical (unpaired) electrons. The third-order valence-corrected chi connectivity index (χ3v) is 12.4. The maximum atomic E-state index is 2.63. The van der Waals surface area contributed by atoms with Gasteiger partial charge in [0.05, 0.1) is 17.1 Å². The van der Waals surface area contributed by atoms with E-state index in [1.165, 1.54) is 93.8 Å². The highest BCUT2D eigenvalue weighted by Crippen LogP contribution is 2.57. The number of nitrogens with zero attached hydrogens (tertiary/aromatic N) is 2. The van der Waals surface area contributed by atoms with Crippen LogP contribution in [0.5, 0.6) is 0 Å². The molecule has 2 nitrogen and oxygen atoms in total. The predicted octanol–water partition coefficient (Wildman–Crippen LogP) is 13.2. The summed E-state index contributed by atoms with van der Waals surface area (Å²) in [7, 11) is 0. The molecule has 0 aliphatic heterocycles. The number of benzene rings is 7. The first-order valence-electron chi connectivity index (χ1n) is 19.2. The number of anilines is 2. The molecule has 0 saturated heterocycles. The highest BCUT2D eigenvalue weighted by Gasteiger charge is 2.42. The zero-order valence-corrected chi connectivity index (χ0v) is 29.7. The average molecular weight is 689 g/mol. The van der Waals surface area contributed by atoms with E-state index in [1.54, 1.807) is 0 Å². The van der Waals surface area contributed by atoms with Gasteiger partial charge in [0.1, 0.15) is 0 Å². The number of para-hydroxylation sites is 1. The Labute approximate surface area is 314 Å². The lowest BCUT2D eigenvalue weighted by Crippen LogP contribution is -2.31. The van der Waals surface area contributed by atoms with Crippen molar-refractivity contribution in [3.05, 3.63) is 210 Å². The third kappa shape index (κ3) is 4.28. The van der Waals surface area contributed by atoms with E-state index >= 15 is 0 Å². The normalized spacial score (nSPS) is 19.4. The van der Waals surface area contributed by atoms with Gasteiger partial charge in [0.2, 0.25) is 0 Å². The molecule has 3 unspecified atom stereocenters. The van der Waals surface area contributed by atoms with Gasteiger partial charge in [-0.1, -0.05) is 146 Å². The summed E-state index contributed by atoms with van der Waals surface area (Å²) in [4.78, 5) is 2.63. The maximum absolute atomic E-state index is 2.63. The Balaban J connectivity index is 1.06. The first kappa shape index (κ1) is 29.9. The molecule has 8 aromatic rings.